The lowest BCUT2D eigenvalue weighted by Crippen LogP contribution is -2.13. The minimum Gasteiger partial charge on any atom is -0.301 e. The molecule has 0 saturated heterocycles. The number of aromatic nitrogens is 3. The Labute approximate surface area is 146 Å². The maximum atomic E-state index is 12.0. The molecule has 0 aliphatic carbocycles. The molecule has 0 aliphatic heterocycles. The molecular formula is C15H14N4OS3. The van der Waals surface area contributed by atoms with Gasteiger partial charge in [0.05, 0.1) is 11.4 Å². The highest BCUT2D eigenvalue weighted by atomic mass is 32.2. The summed E-state index contributed by atoms with van der Waals surface area (Å²) < 4.78 is 0.804. The van der Waals surface area contributed by atoms with Crippen LogP contribution in [0.25, 0.3) is 11.3 Å². The van der Waals surface area contributed by atoms with Gasteiger partial charge in [0.1, 0.15) is 5.01 Å². The van der Waals surface area contributed by atoms with Gasteiger partial charge in [0, 0.05) is 10.4 Å². The number of amides is 1. The number of rotatable bonds is 5. The molecule has 3 aromatic rings. The molecule has 1 aromatic carbocycles. The fourth-order valence-corrected chi connectivity index (χ4v) is 4.40. The predicted octanol–water partition coefficient (Wildman–Crippen LogP) is 4.01. The van der Waals surface area contributed by atoms with E-state index in [-0.39, 0.29) is 5.91 Å². The molecular weight excluding hydrogens is 348 g/mol. The Morgan fingerprint density at radius 2 is 1.96 bits per heavy atom. The van der Waals surface area contributed by atoms with Crippen LogP contribution in [-0.4, -0.2) is 26.8 Å². The van der Waals surface area contributed by atoms with Gasteiger partial charge in [0.2, 0.25) is 5.91 Å². The molecule has 1 amide bonds. The highest BCUT2D eigenvalue weighted by Crippen LogP contribution is 2.30. The maximum Gasteiger partial charge on any atom is 0.236 e. The first-order valence-electron chi connectivity index (χ1n) is 6.87. The molecule has 0 spiro atoms. The van der Waals surface area contributed by atoms with Crippen LogP contribution in [0.5, 0.6) is 0 Å². The van der Waals surface area contributed by atoms with Gasteiger partial charge in [-0.05, 0) is 13.8 Å². The molecule has 1 N–H and O–H groups in total. The molecule has 0 fully saturated rings. The van der Waals surface area contributed by atoms with Crippen molar-refractivity contribution in [3.8, 4) is 11.3 Å². The van der Waals surface area contributed by atoms with Gasteiger partial charge in [-0.1, -0.05) is 53.4 Å². The maximum absolute atomic E-state index is 12.0. The molecule has 23 heavy (non-hydrogen) atoms. The van der Waals surface area contributed by atoms with Gasteiger partial charge in [-0.25, -0.2) is 4.98 Å². The van der Waals surface area contributed by atoms with E-state index >= 15 is 0 Å². The van der Waals surface area contributed by atoms with Crippen LogP contribution < -0.4 is 5.32 Å². The van der Waals surface area contributed by atoms with Crippen molar-refractivity contribution in [3.05, 3.63) is 40.2 Å². The second-order valence-corrected chi connectivity index (χ2v) is 8.32. The predicted molar refractivity (Wildman–Crippen MR) is 96.3 cm³/mol. The molecule has 0 aliphatic rings. The smallest absolute Gasteiger partial charge is 0.236 e. The Kier molecular flexibility index (Phi) is 5.04. The number of hydrogen-bond donors (Lipinski definition) is 1. The average Bonchev–Trinajstić information content (AvgIpc) is 3.12. The van der Waals surface area contributed by atoms with E-state index in [9.17, 15) is 4.79 Å². The summed E-state index contributed by atoms with van der Waals surface area (Å²) in [5, 5.41) is 12.3. The first-order valence-corrected chi connectivity index (χ1v) is 9.49. The SMILES string of the molecule is Cc1nnc(SCC(=O)Nc2nc(-c3ccccc3)c(C)s2)s1. The lowest BCUT2D eigenvalue weighted by atomic mass is 10.1. The first-order chi connectivity index (χ1) is 11.1. The van der Waals surface area contributed by atoms with E-state index in [4.69, 9.17) is 0 Å². The van der Waals surface area contributed by atoms with Crippen LogP contribution in [0, 0.1) is 13.8 Å². The summed E-state index contributed by atoms with van der Waals surface area (Å²) in [6, 6.07) is 9.96. The number of aryl methyl sites for hydroxylation is 2. The lowest BCUT2D eigenvalue weighted by molar-refractivity contribution is -0.113. The van der Waals surface area contributed by atoms with E-state index in [1.807, 2.05) is 44.2 Å². The summed E-state index contributed by atoms with van der Waals surface area (Å²) in [6.45, 7) is 3.90. The largest absolute Gasteiger partial charge is 0.301 e. The van der Waals surface area contributed by atoms with Crippen LogP contribution >= 0.6 is 34.4 Å². The molecule has 3 rings (SSSR count). The molecule has 118 valence electrons. The number of nitrogens with zero attached hydrogens (tertiary/aromatic N) is 3. The van der Waals surface area contributed by atoms with E-state index < -0.39 is 0 Å². The number of hydrogen-bond acceptors (Lipinski definition) is 7. The summed E-state index contributed by atoms with van der Waals surface area (Å²) in [6.07, 6.45) is 0. The van der Waals surface area contributed by atoms with E-state index in [1.54, 1.807) is 0 Å². The van der Waals surface area contributed by atoms with E-state index in [0.29, 0.717) is 10.9 Å². The van der Waals surface area contributed by atoms with Crippen LogP contribution in [0.4, 0.5) is 5.13 Å². The number of carbonyl (C=O) groups excluding carboxylic acids is 1. The van der Waals surface area contributed by atoms with Crippen molar-refractivity contribution in [1.29, 1.82) is 0 Å². The van der Waals surface area contributed by atoms with Crippen molar-refractivity contribution in [2.45, 2.75) is 18.2 Å². The Bertz CT molecular complexity index is 813. The minimum atomic E-state index is -0.0868. The topological polar surface area (TPSA) is 67.8 Å². The molecule has 0 saturated carbocycles. The Balaban J connectivity index is 1.63. The van der Waals surface area contributed by atoms with Gasteiger partial charge >= 0.3 is 0 Å². The zero-order chi connectivity index (χ0) is 16.2. The Morgan fingerprint density at radius 3 is 2.65 bits per heavy atom. The van der Waals surface area contributed by atoms with Crippen LogP contribution in [0.15, 0.2) is 34.7 Å². The average molecular weight is 363 g/mol. The van der Waals surface area contributed by atoms with Crippen molar-refractivity contribution < 1.29 is 4.79 Å². The van der Waals surface area contributed by atoms with Gasteiger partial charge < -0.3 is 5.32 Å². The summed E-state index contributed by atoms with van der Waals surface area (Å²) >= 11 is 4.36. The molecule has 5 nitrogen and oxygen atoms in total. The second kappa shape index (κ2) is 7.20. The number of thioether (sulfide) groups is 1. The van der Waals surface area contributed by atoms with Crippen LogP contribution in [0.2, 0.25) is 0 Å². The van der Waals surface area contributed by atoms with Crippen molar-refractivity contribution >= 4 is 45.5 Å². The van der Waals surface area contributed by atoms with Gasteiger partial charge in [-0.3, -0.25) is 4.79 Å². The van der Waals surface area contributed by atoms with Crippen molar-refractivity contribution in [1.82, 2.24) is 15.2 Å². The summed E-state index contributed by atoms with van der Waals surface area (Å²) in [4.78, 5) is 17.7. The highest BCUT2D eigenvalue weighted by molar-refractivity contribution is 8.01. The van der Waals surface area contributed by atoms with Crippen molar-refractivity contribution in [2.75, 3.05) is 11.1 Å². The zero-order valence-corrected chi connectivity index (χ0v) is 15.0. The van der Waals surface area contributed by atoms with Crippen LogP contribution in [0.3, 0.4) is 0 Å². The Hall–Kier alpha value is -1.77. The van der Waals surface area contributed by atoms with E-state index in [1.165, 1.54) is 34.4 Å². The molecule has 8 heteroatoms. The molecule has 0 unspecified atom stereocenters. The Morgan fingerprint density at radius 1 is 1.17 bits per heavy atom. The number of nitrogens with one attached hydrogen (secondary N) is 1. The quantitative estimate of drug-likeness (QED) is 0.695. The highest BCUT2D eigenvalue weighted by Gasteiger charge is 2.12. The lowest BCUT2D eigenvalue weighted by Gasteiger charge is -1.99. The summed E-state index contributed by atoms with van der Waals surface area (Å²) in [5.74, 6) is 0.213. The first kappa shape index (κ1) is 16.1. The number of thiazole rings is 1. The van der Waals surface area contributed by atoms with E-state index in [0.717, 1.165) is 25.5 Å². The molecule has 2 heterocycles. The third kappa shape index (κ3) is 4.15. The van der Waals surface area contributed by atoms with Crippen LogP contribution in [-0.2, 0) is 4.79 Å². The van der Waals surface area contributed by atoms with Crippen molar-refractivity contribution in [3.63, 3.8) is 0 Å². The fourth-order valence-electron chi connectivity index (χ4n) is 1.93. The van der Waals surface area contributed by atoms with Crippen molar-refractivity contribution in [2.24, 2.45) is 0 Å². The fraction of sp³-hybridized carbons (Fsp3) is 0.200. The third-order valence-corrected chi connectivity index (χ3v) is 5.78. The molecule has 0 atom stereocenters. The molecule has 0 radical (unpaired) electrons. The normalized spacial score (nSPS) is 10.7. The number of carbonyl (C=O) groups is 1. The molecule has 2 aromatic heterocycles. The third-order valence-electron chi connectivity index (χ3n) is 2.92. The summed E-state index contributed by atoms with van der Waals surface area (Å²) in [5.41, 5.74) is 1.97. The van der Waals surface area contributed by atoms with Gasteiger partial charge in [-0.2, -0.15) is 0 Å². The number of benzene rings is 1. The monoisotopic (exact) mass is 362 g/mol. The van der Waals surface area contributed by atoms with Gasteiger partial charge in [0.15, 0.2) is 9.47 Å². The van der Waals surface area contributed by atoms with Gasteiger partial charge in [0.25, 0.3) is 0 Å². The summed E-state index contributed by atoms with van der Waals surface area (Å²) in [7, 11) is 0. The van der Waals surface area contributed by atoms with Gasteiger partial charge in [-0.15, -0.1) is 21.5 Å². The standard InChI is InChI=1S/C15H14N4OS3/c1-9-13(11-6-4-3-5-7-11)17-14(22-9)16-12(20)8-21-15-19-18-10(2)23-15/h3-7H,8H2,1-2H3,(H,16,17,20). The molecule has 0 bridgehead atoms. The second-order valence-electron chi connectivity index (χ2n) is 4.71. The van der Waals surface area contributed by atoms with Crippen LogP contribution in [0.1, 0.15) is 9.88 Å². The number of anilines is 1. The van der Waals surface area contributed by atoms with E-state index in [2.05, 4.69) is 20.5 Å². The minimum absolute atomic E-state index is 0.0868. The zero-order valence-electron chi connectivity index (χ0n) is 12.6.